The molecule has 0 radical (unpaired) electrons. The van der Waals surface area contributed by atoms with Gasteiger partial charge in [0.2, 0.25) is 0 Å². The molecule has 7 rings (SSSR count). The van der Waals surface area contributed by atoms with Crippen molar-refractivity contribution in [1.29, 1.82) is 0 Å². The average Bonchev–Trinajstić information content (AvgIpc) is 3.28. The number of aromatic hydroxyl groups is 2. The smallest absolute Gasteiger partial charge is 0.338 e. The van der Waals surface area contributed by atoms with Crippen LogP contribution in [0.3, 0.4) is 0 Å². The number of hydrogen-bond donors (Lipinski definition) is 4. The van der Waals surface area contributed by atoms with Crippen LogP contribution < -0.4 is 10.6 Å². The van der Waals surface area contributed by atoms with Crippen molar-refractivity contribution in [2.24, 2.45) is 20.5 Å². The van der Waals surface area contributed by atoms with Gasteiger partial charge in [-0.3, -0.25) is 14.4 Å². The van der Waals surface area contributed by atoms with Gasteiger partial charge in [0.25, 0.3) is 18.3 Å². The zero-order valence-electron chi connectivity index (χ0n) is 36.2. The van der Waals surface area contributed by atoms with E-state index in [-0.39, 0.29) is 61.7 Å². The van der Waals surface area contributed by atoms with Crippen molar-refractivity contribution in [3.05, 3.63) is 153 Å². The van der Waals surface area contributed by atoms with Crippen LogP contribution in [0.1, 0.15) is 68.5 Å². The van der Waals surface area contributed by atoms with Crippen molar-refractivity contribution in [2.45, 2.75) is 53.2 Å². The summed E-state index contributed by atoms with van der Waals surface area (Å²) in [5.41, 5.74) is 3.40. The van der Waals surface area contributed by atoms with Crippen LogP contribution in [0.5, 0.6) is 11.5 Å². The summed E-state index contributed by atoms with van der Waals surface area (Å²) in [7, 11) is 0. The highest BCUT2D eigenvalue weighted by atomic mass is 35.5. The van der Waals surface area contributed by atoms with Crippen LogP contribution in [-0.4, -0.2) is 46.7 Å². The Balaban J connectivity index is 1.14. The van der Waals surface area contributed by atoms with Crippen molar-refractivity contribution in [2.75, 3.05) is 10.6 Å². The summed E-state index contributed by atoms with van der Waals surface area (Å²) in [6, 6.07) is 30.1. The third-order valence-corrected chi connectivity index (χ3v) is 11.0. The fourth-order valence-corrected chi connectivity index (χ4v) is 7.42. The number of phenols is 2. The lowest BCUT2D eigenvalue weighted by Gasteiger charge is -2.15. The Morgan fingerprint density at radius 3 is 1.64 bits per heavy atom. The van der Waals surface area contributed by atoms with Crippen LogP contribution in [0, 0.1) is 13.8 Å². The zero-order valence-corrected chi connectivity index (χ0v) is 37.7. The minimum Gasteiger partial charge on any atom is -0.505 e. The molecule has 0 heterocycles. The molecule has 66 heavy (non-hydrogen) atoms. The summed E-state index contributed by atoms with van der Waals surface area (Å²) >= 11 is 13.3. The number of amides is 2. The molecular weight excluding hydrogens is 883 g/mol. The number of nitrogens with zero attached hydrogens (tertiary/aromatic N) is 4. The molecule has 0 spiro atoms. The number of ether oxygens (including phenoxy) is 2. The van der Waals surface area contributed by atoms with Crippen LogP contribution >= 0.6 is 23.2 Å². The fraction of sp³-hybridized carbons (Fsp3) is 0.160. The van der Waals surface area contributed by atoms with Gasteiger partial charge >= 0.3 is 5.97 Å². The Morgan fingerprint density at radius 1 is 0.652 bits per heavy atom. The molecule has 0 aromatic heterocycles. The Hall–Kier alpha value is -7.68. The molecule has 0 saturated heterocycles. The van der Waals surface area contributed by atoms with Crippen molar-refractivity contribution in [3.63, 3.8) is 0 Å². The minimum absolute atomic E-state index is 0.00787. The van der Waals surface area contributed by atoms with Crippen LogP contribution in [0.25, 0.3) is 21.5 Å². The second-order valence-corrected chi connectivity index (χ2v) is 16.4. The van der Waals surface area contributed by atoms with Crippen molar-refractivity contribution < 1.29 is 38.9 Å². The summed E-state index contributed by atoms with van der Waals surface area (Å²) in [4.78, 5) is 51.1. The van der Waals surface area contributed by atoms with E-state index in [1.165, 1.54) is 30.3 Å². The highest BCUT2D eigenvalue weighted by Gasteiger charge is 2.23. The largest absolute Gasteiger partial charge is 0.505 e. The number of rotatable bonds is 14. The Morgan fingerprint density at radius 2 is 1.14 bits per heavy atom. The molecule has 7 aromatic rings. The lowest BCUT2D eigenvalue weighted by Crippen LogP contribution is -2.14. The molecule has 1 unspecified atom stereocenters. The number of hydrogen-bond acceptors (Lipinski definition) is 12. The topological polar surface area (TPSA) is 201 Å². The molecule has 0 aliphatic heterocycles. The van der Waals surface area contributed by atoms with E-state index >= 15 is 0 Å². The van der Waals surface area contributed by atoms with Gasteiger partial charge in [-0.2, -0.15) is 10.2 Å². The first kappa shape index (κ1) is 46.3. The molecule has 0 bridgehead atoms. The van der Waals surface area contributed by atoms with E-state index < -0.39 is 29.3 Å². The molecule has 2 amide bonds. The monoisotopic (exact) mass is 924 g/mol. The first-order chi connectivity index (χ1) is 31.6. The maximum Gasteiger partial charge on any atom is 0.338 e. The fourth-order valence-electron chi connectivity index (χ4n) is 7.00. The van der Waals surface area contributed by atoms with Gasteiger partial charge in [-0.25, -0.2) is 4.79 Å². The highest BCUT2D eigenvalue weighted by molar-refractivity contribution is 6.38. The Kier molecular flexibility index (Phi) is 14.0. The van der Waals surface area contributed by atoms with Gasteiger partial charge in [0.1, 0.15) is 17.5 Å². The minimum atomic E-state index is -0.759. The molecule has 0 aliphatic carbocycles. The summed E-state index contributed by atoms with van der Waals surface area (Å²) in [6.45, 7) is 9.31. The van der Waals surface area contributed by atoms with Crippen molar-refractivity contribution >= 4 is 103 Å². The molecule has 14 nitrogen and oxygen atoms in total. The molecule has 7 aromatic carbocycles. The number of fused-ring (bicyclic) bond motifs is 2. The quantitative estimate of drug-likeness (QED) is 0.0469. The van der Waals surface area contributed by atoms with E-state index in [2.05, 4.69) is 31.1 Å². The lowest BCUT2D eigenvalue weighted by molar-refractivity contribution is -0.132. The van der Waals surface area contributed by atoms with E-state index in [1.54, 1.807) is 88.4 Å². The molecule has 334 valence electrons. The second-order valence-electron chi connectivity index (χ2n) is 15.6. The molecule has 4 N–H and O–H groups in total. The normalized spacial score (nSPS) is 11.9. The van der Waals surface area contributed by atoms with E-state index in [9.17, 15) is 29.4 Å². The summed E-state index contributed by atoms with van der Waals surface area (Å²) < 4.78 is 10.4. The number of carbonyl (C=O) groups is 4. The Labute approximate surface area is 388 Å². The predicted molar refractivity (Wildman–Crippen MR) is 255 cm³/mol. The SMILES string of the molecule is Cc1ccc(CC(C)OC=O)cc1N=Nc1c(O)c(C(=O)Nc2cc(Cl)c(NC(=O)c3cc4ccccc4c(N=Nc4cc(C(=O)OC(C)C)ccc4C)c3O)cc2Cl)cc2ccccc12. The van der Waals surface area contributed by atoms with Crippen molar-refractivity contribution in [3.8, 4) is 11.5 Å². The number of anilines is 2. The molecule has 0 fully saturated rings. The number of carbonyl (C=O) groups excluding carboxylic acids is 4. The maximum atomic E-state index is 13.9. The third kappa shape index (κ3) is 10.3. The van der Waals surface area contributed by atoms with Gasteiger partial charge in [-0.15, -0.1) is 10.2 Å². The van der Waals surface area contributed by atoms with Gasteiger partial charge in [-0.05, 0) is 105 Å². The van der Waals surface area contributed by atoms with E-state index in [4.69, 9.17) is 32.7 Å². The number of phenolic OH excluding ortho intramolecular Hbond substituents is 2. The van der Waals surface area contributed by atoms with E-state index in [0.29, 0.717) is 51.4 Å². The number of aryl methyl sites for hydroxylation is 2. The molecule has 16 heteroatoms. The Bertz CT molecular complexity index is 3140. The number of benzene rings is 7. The predicted octanol–water partition coefficient (Wildman–Crippen LogP) is 13.3. The van der Waals surface area contributed by atoms with Crippen LogP contribution in [0.4, 0.5) is 34.1 Å². The standard InChI is InChI=1S/C50H42Cl2N6O8/c1-26(2)66-50(64)33-17-15-28(4)41(22-33)56-58-45-35-13-9-7-11-32(35)21-37(47(45)61)49(63)54-43-24-38(51)42(23-39(43)52)53-48(62)36-20-31-10-6-8-12-34(31)44(46(36)60)57-55-40-19-30(16-14-27(40)3)18-29(5)65-25-59/h6-17,19-26,29,60-61H,18H2,1-5H3,(H,53,62)(H,54,63). The van der Waals surface area contributed by atoms with Gasteiger partial charge in [0.15, 0.2) is 11.5 Å². The third-order valence-electron chi connectivity index (χ3n) is 10.4. The number of azo groups is 2. The highest BCUT2D eigenvalue weighted by Crippen LogP contribution is 2.43. The first-order valence-electron chi connectivity index (χ1n) is 20.6. The van der Waals surface area contributed by atoms with Crippen LogP contribution in [0.15, 0.2) is 130 Å². The number of esters is 1. The number of nitrogens with one attached hydrogen (secondary N) is 2. The summed E-state index contributed by atoms with van der Waals surface area (Å²) in [5.74, 6) is -2.93. The van der Waals surface area contributed by atoms with Crippen molar-refractivity contribution in [1.82, 2.24) is 0 Å². The van der Waals surface area contributed by atoms with Gasteiger partial charge in [0.05, 0.1) is 55.6 Å². The van der Waals surface area contributed by atoms with Gasteiger partial charge < -0.3 is 30.3 Å². The molecule has 1 atom stereocenters. The first-order valence-corrected chi connectivity index (χ1v) is 21.3. The van der Waals surface area contributed by atoms with E-state index in [0.717, 1.165) is 11.1 Å². The van der Waals surface area contributed by atoms with Gasteiger partial charge in [-0.1, -0.05) is 89.9 Å². The number of halogens is 2. The lowest BCUT2D eigenvalue weighted by atomic mass is 10.0. The van der Waals surface area contributed by atoms with Crippen LogP contribution in [0.2, 0.25) is 10.0 Å². The molecular formula is C50H42Cl2N6O8. The second kappa shape index (κ2) is 20.0. The average molecular weight is 926 g/mol. The zero-order chi connectivity index (χ0) is 47.2. The summed E-state index contributed by atoms with van der Waals surface area (Å²) in [6.07, 6.45) is -0.229. The molecule has 0 saturated carbocycles. The molecule has 0 aliphatic rings. The summed E-state index contributed by atoms with van der Waals surface area (Å²) in [5, 5.41) is 48.2. The van der Waals surface area contributed by atoms with Crippen LogP contribution in [-0.2, 0) is 20.7 Å². The maximum absolute atomic E-state index is 13.9. The van der Waals surface area contributed by atoms with Gasteiger partial charge in [0, 0.05) is 17.2 Å². The van der Waals surface area contributed by atoms with E-state index in [1.807, 2.05) is 25.1 Å².